The summed E-state index contributed by atoms with van der Waals surface area (Å²) >= 11 is 0. The fourth-order valence-corrected chi connectivity index (χ4v) is 4.24. The molecule has 8 heteroatoms. The Bertz CT molecular complexity index is 1500. The third-order valence-corrected chi connectivity index (χ3v) is 5.92. The predicted octanol–water partition coefficient (Wildman–Crippen LogP) is 5.85. The number of aryl methyl sites for hydroxylation is 1. The molecule has 4 aromatic rings. The largest absolute Gasteiger partial charge is 0.456 e. The number of furan rings is 1. The monoisotopic (exact) mass is 479 g/mol. The van der Waals surface area contributed by atoms with Crippen molar-refractivity contribution in [1.82, 2.24) is 5.43 Å². The van der Waals surface area contributed by atoms with Crippen molar-refractivity contribution >= 4 is 23.8 Å². The molecule has 1 unspecified atom stereocenters. The molecule has 0 radical (unpaired) electrons. The van der Waals surface area contributed by atoms with Crippen molar-refractivity contribution in [3.63, 3.8) is 0 Å². The molecule has 1 N–H and O–H groups in total. The molecule has 36 heavy (non-hydrogen) atoms. The number of carbonyl (C=O) groups is 1. The van der Waals surface area contributed by atoms with Crippen molar-refractivity contribution in [3.8, 4) is 5.75 Å². The Morgan fingerprint density at radius 2 is 1.64 bits per heavy atom. The summed E-state index contributed by atoms with van der Waals surface area (Å²) in [6.07, 6.45) is 1.56. The molecule has 1 aliphatic heterocycles. The molecule has 0 fully saturated rings. The standard InChI is InChI=1S/C28H21N3O5/c1-18-9-5-6-12-20(18)26-21-13-7-8-14-23(21)36-27(19-10-3-2-4-11-19)22(26)17-29-30-28(32)24-15-16-25(35-24)31(33)34/h2-17,26H,1H3,(H,30,32)/b29-17+. The van der Waals surface area contributed by atoms with Crippen LogP contribution in [0.5, 0.6) is 5.75 Å². The smallest absolute Gasteiger partial charge is 0.433 e. The highest BCUT2D eigenvalue weighted by Crippen LogP contribution is 2.45. The van der Waals surface area contributed by atoms with Gasteiger partial charge < -0.3 is 9.15 Å². The van der Waals surface area contributed by atoms with Gasteiger partial charge in [-0.3, -0.25) is 14.9 Å². The van der Waals surface area contributed by atoms with Crippen molar-refractivity contribution in [1.29, 1.82) is 0 Å². The summed E-state index contributed by atoms with van der Waals surface area (Å²) in [5.74, 6) is -0.280. The van der Waals surface area contributed by atoms with E-state index in [1.54, 1.807) is 6.21 Å². The molecule has 0 saturated heterocycles. The Hall–Kier alpha value is -4.98. The number of ether oxygens (including phenoxy) is 1. The Balaban J connectivity index is 1.59. The average Bonchev–Trinajstić information content (AvgIpc) is 3.40. The van der Waals surface area contributed by atoms with E-state index in [1.165, 1.54) is 6.07 Å². The summed E-state index contributed by atoms with van der Waals surface area (Å²) in [4.78, 5) is 22.6. The number of rotatable bonds is 6. The zero-order chi connectivity index (χ0) is 25.1. The summed E-state index contributed by atoms with van der Waals surface area (Å²) in [5.41, 5.74) is 7.17. The molecule has 178 valence electrons. The number of nitrogens with zero attached hydrogens (tertiary/aromatic N) is 2. The van der Waals surface area contributed by atoms with Gasteiger partial charge >= 0.3 is 11.8 Å². The first-order chi connectivity index (χ1) is 17.5. The lowest BCUT2D eigenvalue weighted by atomic mass is 9.80. The average molecular weight is 479 g/mol. The minimum Gasteiger partial charge on any atom is -0.456 e. The van der Waals surface area contributed by atoms with Gasteiger partial charge in [0.1, 0.15) is 16.4 Å². The van der Waals surface area contributed by atoms with E-state index in [9.17, 15) is 14.9 Å². The maximum atomic E-state index is 12.5. The van der Waals surface area contributed by atoms with Crippen LogP contribution in [0.4, 0.5) is 5.88 Å². The van der Waals surface area contributed by atoms with Gasteiger partial charge in [0, 0.05) is 22.6 Å². The lowest BCUT2D eigenvalue weighted by molar-refractivity contribution is -0.402. The van der Waals surface area contributed by atoms with Gasteiger partial charge in [0.15, 0.2) is 0 Å². The molecule has 1 amide bonds. The van der Waals surface area contributed by atoms with E-state index in [0.29, 0.717) is 5.76 Å². The second-order valence-electron chi connectivity index (χ2n) is 8.17. The van der Waals surface area contributed by atoms with Crippen molar-refractivity contribution in [3.05, 3.63) is 135 Å². The number of allylic oxidation sites excluding steroid dienone is 1. The summed E-state index contributed by atoms with van der Waals surface area (Å²) in [6, 6.07) is 28.0. The van der Waals surface area contributed by atoms with Crippen LogP contribution in [-0.4, -0.2) is 17.0 Å². The highest BCUT2D eigenvalue weighted by atomic mass is 16.6. The zero-order valence-electron chi connectivity index (χ0n) is 19.3. The second-order valence-corrected chi connectivity index (χ2v) is 8.17. The van der Waals surface area contributed by atoms with Gasteiger partial charge in [-0.1, -0.05) is 72.8 Å². The molecule has 0 saturated carbocycles. The van der Waals surface area contributed by atoms with Gasteiger partial charge in [-0.05, 0) is 30.2 Å². The van der Waals surface area contributed by atoms with Crippen LogP contribution in [-0.2, 0) is 0 Å². The lowest BCUT2D eigenvalue weighted by Crippen LogP contribution is -2.21. The van der Waals surface area contributed by atoms with Gasteiger partial charge in [-0.15, -0.1) is 0 Å². The fourth-order valence-electron chi connectivity index (χ4n) is 4.24. The van der Waals surface area contributed by atoms with Gasteiger partial charge in [-0.2, -0.15) is 5.10 Å². The van der Waals surface area contributed by atoms with Crippen LogP contribution in [0, 0.1) is 17.0 Å². The Kier molecular flexibility index (Phi) is 6.15. The number of hydrazone groups is 1. The van der Waals surface area contributed by atoms with Crippen molar-refractivity contribution in [2.75, 3.05) is 0 Å². The minimum atomic E-state index is -0.708. The molecule has 2 heterocycles. The topological polar surface area (TPSA) is 107 Å². The molecule has 1 aromatic heterocycles. The maximum absolute atomic E-state index is 12.5. The van der Waals surface area contributed by atoms with Crippen molar-refractivity contribution < 1.29 is 18.9 Å². The molecule has 8 nitrogen and oxygen atoms in total. The van der Waals surface area contributed by atoms with Gasteiger partial charge in [-0.25, -0.2) is 5.43 Å². The van der Waals surface area contributed by atoms with Gasteiger partial charge in [0.25, 0.3) is 0 Å². The van der Waals surface area contributed by atoms with Crippen LogP contribution in [0.25, 0.3) is 5.76 Å². The summed E-state index contributed by atoms with van der Waals surface area (Å²) in [5, 5.41) is 15.0. The predicted molar refractivity (Wildman–Crippen MR) is 135 cm³/mol. The number of hydrogen-bond donors (Lipinski definition) is 1. The number of fused-ring (bicyclic) bond motifs is 1. The normalized spacial score (nSPS) is 14.9. The van der Waals surface area contributed by atoms with Crippen LogP contribution in [0.1, 0.15) is 38.7 Å². The number of nitro groups is 1. The molecule has 0 spiro atoms. The highest BCUT2D eigenvalue weighted by molar-refractivity contribution is 5.96. The van der Waals surface area contributed by atoms with E-state index in [-0.39, 0.29) is 11.7 Å². The SMILES string of the molecule is Cc1ccccc1C1C(/C=N/NC(=O)c2ccc([N+](=O)[O-])o2)=C(c2ccccc2)Oc2ccccc21. The summed E-state index contributed by atoms with van der Waals surface area (Å²) in [7, 11) is 0. The van der Waals surface area contributed by atoms with Crippen LogP contribution >= 0.6 is 0 Å². The molecular formula is C28H21N3O5. The van der Waals surface area contributed by atoms with Gasteiger partial charge in [0.2, 0.25) is 5.76 Å². The number of hydrogen-bond acceptors (Lipinski definition) is 6. The summed E-state index contributed by atoms with van der Waals surface area (Å²) in [6.45, 7) is 2.05. The van der Waals surface area contributed by atoms with E-state index in [4.69, 9.17) is 9.15 Å². The molecule has 3 aromatic carbocycles. The Morgan fingerprint density at radius 3 is 2.36 bits per heavy atom. The van der Waals surface area contributed by atoms with Crippen LogP contribution in [0.2, 0.25) is 0 Å². The van der Waals surface area contributed by atoms with E-state index >= 15 is 0 Å². The first kappa shape index (κ1) is 22.8. The summed E-state index contributed by atoms with van der Waals surface area (Å²) < 4.78 is 11.3. The molecule has 5 rings (SSSR count). The first-order valence-electron chi connectivity index (χ1n) is 11.2. The quantitative estimate of drug-likeness (QED) is 0.212. The lowest BCUT2D eigenvalue weighted by Gasteiger charge is -2.30. The third kappa shape index (κ3) is 4.39. The van der Waals surface area contributed by atoms with Crippen molar-refractivity contribution in [2.24, 2.45) is 5.10 Å². The van der Waals surface area contributed by atoms with Crippen LogP contribution in [0.3, 0.4) is 0 Å². The number of nitrogens with one attached hydrogen (secondary N) is 1. The number of benzene rings is 3. The molecule has 0 aliphatic carbocycles. The van der Waals surface area contributed by atoms with E-state index in [2.05, 4.69) is 29.6 Å². The third-order valence-electron chi connectivity index (χ3n) is 5.92. The fraction of sp³-hybridized carbons (Fsp3) is 0.0714. The van der Waals surface area contributed by atoms with E-state index in [1.807, 2.05) is 66.7 Å². The Labute approximate surface area is 206 Å². The number of para-hydroxylation sites is 1. The van der Waals surface area contributed by atoms with E-state index < -0.39 is 16.7 Å². The first-order valence-corrected chi connectivity index (χ1v) is 11.2. The Morgan fingerprint density at radius 1 is 0.944 bits per heavy atom. The minimum absolute atomic E-state index is 0.211. The number of carbonyl (C=O) groups excluding carboxylic acids is 1. The zero-order valence-corrected chi connectivity index (χ0v) is 19.3. The van der Waals surface area contributed by atoms with Gasteiger partial charge in [0.05, 0.1) is 12.3 Å². The van der Waals surface area contributed by atoms with Crippen LogP contribution < -0.4 is 10.2 Å². The highest BCUT2D eigenvalue weighted by Gasteiger charge is 2.31. The second kappa shape index (κ2) is 9.71. The number of amides is 1. The van der Waals surface area contributed by atoms with E-state index in [0.717, 1.165) is 39.6 Å². The maximum Gasteiger partial charge on any atom is 0.433 e. The molecule has 1 atom stereocenters. The van der Waals surface area contributed by atoms with Crippen molar-refractivity contribution in [2.45, 2.75) is 12.8 Å². The van der Waals surface area contributed by atoms with Crippen LogP contribution in [0.15, 0.2) is 106 Å². The molecule has 0 bridgehead atoms. The molecular weight excluding hydrogens is 458 g/mol. The molecule has 1 aliphatic rings.